The fourth-order valence-electron chi connectivity index (χ4n) is 1.71. The number of hydrogen-bond donors (Lipinski definition) is 2. The first kappa shape index (κ1) is 16.0. The molecule has 2 N–H and O–H groups in total. The summed E-state index contributed by atoms with van der Waals surface area (Å²) in [7, 11) is 0. The predicted octanol–water partition coefficient (Wildman–Crippen LogP) is 2.22. The van der Waals surface area contributed by atoms with Crippen LogP contribution in [-0.4, -0.2) is 29.9 Å². The zero-order valence-corrected chi connectivity index (χ0v) is 13.2. The number of anilines is 1. The van der Waals surface area contributed by atoms with Gasteiger partial charge in [0, 0.05) is 10.9 Å². The first-order chi connectivity index (χ1) is 10.6. The Bertz CT molecular complexity index is 652. The fraction of sp³-hybridized carbons (Fsp3) is 0.267. The largest absolute Gasteiger partial charge is 0.494 e. The first-order valence-corrected chi connectivity index (χ1v) is 7.69. The van der Waals surface area contributed by atoms with E-state index in [1.165, 1.54) is 11.3 Å². The van der Waals surface area contributed by atoms with Crippen molar-refractivity contribution in [3.05, 3.63) is 40.9 Å². The van der Waals surface area contributed by atoms with Gasteiger partial charge in [0.05, 0.1) is 18.8 Å². The molecule has 0 aliphatic rings. The van der Waals surface area contributed by atoms with E-state index in [0.717, 1.165) is 5.69 Å². The predicted molar refractivity (Wildman–Crippen MR) is 85.4 cm³/mol. The van der Waals surface area contributed by atoms with Crippen LogP contribution in [0.1, 0.15) is 23.0 Å². The zero-order chi connectivity index (χ0) is 15.9. The molecule has 2 rings (SSSR count). The summed E-state index contributed by atoms with van der Waals surface area (Å²) in [5.74, 6) is 0.0816. The van der Waals surface area contributed by atoms with Gasteiger partial charge in [-0.05, 0) is 38.1 Å². The third-order valence-electron chi connectivity index (χ3n) is 2.70. The molecular formula is C15H17N3O3S. The molecule has 0 radical (unpaired) electrons. The summed E-state index contributed by atoms with van der Waals surface area (Å²) in [4.78, 5) is 27.8. The van der Waals surface area contributed by atoms with Crippen LogP contribution in [0.5, 0.6) is 5.75 Å². The molecule has 0 fully saturated rings. The molecule has 0 aliphatic heterocycles. The van der Waals surface area contributed by atoms with Crippen molar-refractivity contribution in [3.8, 4) is 5.75 Å². The molecule has 22 heavy (non-hydrogen) atoms. The monoisotopic (exact) mass is 319 g/mol. The Kier molecular flexibility index (Phi) is 5.48. The van der Waals surface area contributed by atoms with E-state index in [1.807, 2.05) is 19.2 Å². The quantitative estimate of drug-likeness (QED) is 0.855. The molecule has 0 atom stereocenters. The fourth-order valence-corrected chi connectivity index (χ4v) is 2.41. The van der Waals surface area contributed by atoms with Crippen LogP contribution < -0.4 is 15.4 Å². The van der Waals surface area contributed by atoms with Crippen LogP contribution in [-0.2, 0) is 4.79 Å². The van der Waals surface area contributed by atoms with Gasteiger partial charge in [0.1, 0.15) is 5.75 Å². The van der Waals surface area contributed by atoms with E-state index >= 15 is 0 Å². The molecule has 7 heteroatoms. The van der Waals surface area contributed by atoms with Gasteiger partial charge in [-0.25, -0.2) is 4.98 Å². The number of aromatic nitrogens is 1. The van der Waals surface area contributed by atoms with Gasteiger partial charge < -0.3 is 15.4 Å². The Morgan fingerprint density at radius 2 is 2.00 bits per heavy atom. The number of thiazole rings is 1. The molecule has 0 bridgehead atoms. The maximum atomic E-state index is 11.9. The number of ether oxygens (including phenoxy) is 1. The van der Waals surface area contributed by atoms with Crippen molar-refractivity contribution in [3.63, 3.8) is 0 Å². The van der Waals surface area contributed by atoms with Gasteiger partial charge in [0.25, 0.3) is 5.91 Å². The normalized spacial score (nSPS) is 10.1. The minimum atomic E-state index is -0.312. The van der Waals surface area contributed by atoms with Crippen molar-refractivity contribution in [1.82, 2.24) is 10.3 Å². The lowest BCUT2D eigenvalue weighted by Crippen LogP contribution is -2.32. The van der Waals surface area contributed by atoms with Crippen molar-refractivity contribution < 1.29 is 14.3 Å². The summed E-state index contributed by atoms with van der Waals surface area (Å²) >= 11 is 1.35. The van der Waals surface area contributed by atoms with Gasteiger partial charge in [-0.3, -0.25) is 9.59 Å². The van der Waals surface area contributed by atoms with E-state index < -0.39 is 0 Å². The molecule has 2 amide bonds. The highest BCUT2D eigenvalue weighted by atomic mass is 32.1. The Hall–Kier alpha value is -2.41. The maximum Gasteiger partial charge on any atom is 0.251 e. The Labute approximate surface area is 132 Å². The molecule has 2 aromatic rings. The third-order valence-corrected chi connectivity index (χ3v) is 3.58. The van der Waals surface area contributed by atoms with E-state index in [0.29, 0.717) is 23.1 Å². The van der Waals surface area contributed by atoms with Gasteiger partial charge in [0.2, 0.25) is 5.91 Å². The van der Waals surface area contributed by atoms with E-state index in [4.69, 9.17) is 4.74 Å². The van der Waals surface area contributed by atoms with Crippen molar-refractivity contribution >= 4 is 28.3 Å². The topological polar surface area (TPSA) is 80.3 Å². The highest BCUT2D eigenvalue weighted by Gasteiger charge is 2.09. The van der Waals surface area contributed by atoms with Crippen LogP contribution in [0.4, 0.5) is 5.13 Å². The van der Waals surface area contributed by atoms with E-state index in [2.05, 4.69) is 15.6 Å². The van der Waals surface area contributed by atoms with Crippen molar-refractivity contribution in [2.24, 2.45) is 0 Å². The van der Waals surface area contributed by atoms with Gasteiger partial charge in [0.15, 0.2) is 5.13 Å². The van der Waals surface area contributed by atoms with Crippen LogP contribution >= 0.6 is 11.3 Å². The molecule has 0 saturated carbocycles. The highest BCUT2D eigenvalue weighted by molar-refractivity contribution is 7.13. The number of nitrogens with one attached hydrogen (secondary N) is 2. The van der Waals surface area contributed by atoms with Crippen LogP contribution in [0.3, 0.4) is 0 Å². The molecule has 0 aliphatic carbocycles. The summed E-state index contributed by atoms with van der Waals surface area (Å²) < 4.78 is 5.31. The van der Waals surface area contributed by atoms with Crippen LogP contribution in [0, 0.1) is 6.92 Å². The number of aryl methyl sites for hydroxylation is 1. The van der Waals surface area contributed by atoms with E-state index in [-0.39, 0.29) is 18.4 Å². The molecule has 0 spiro atoms. The average Bonchev–Trinajstić information content (AvgIpc) is 2.91. The molecule has 1 aromatic heterocycles. The Balaban J connectivity index is 1.82. The Morgan fingerprint density at radius 3 is 2.59 bits per heavy atom. The highest BCUT2D eigenvalue weighted by Crippen LogP contribution is 2.14. The van der Waals surface area contributed by atoms with Crippen LogP contribution in [0.15, 0.2) is 29.6 Å². The summed E-state index contributed by atoms with van der Waals surface area (Å²) in [5, 5.41) is 7.56. The molecular weight excluding hydrogens is 302 g/mol. The SMILES string of the molecule is CCOc1ccc(C(=O)NCC(=O)Nc2nc(C)cs2)cc1. The molecule has 0 saturated heterocycles. The van der Waals surface area contributed by atoms with E-state index in [9.17, 15) is 9.59 Å². The maximum absolute atomic E-state index is 11.9. The number of carbonyl (C=O) groups is 2. The lowest BCUT2D eigenvalue weighted by Gasteiger charge is -2.06. The number of hydrogen-bond acceptors (Lipinski definition) is 5. The van der Waals surface area contributed by atoms with Gasteiger partial charge in [-0.15, -0.1) is 11.3 Å². The number of amides is 2. The summed E-state index contributed by atoms with van der Waals surface area (Å²) in [6, 6.07) is 6.75. The number of carbonyl (C=O) groups excluding carboxylic acids is 2. The molecule has 1 aromatic carbocycles. The van der Waals surface area contributed by atoms with Crippen LogP contribution in [0.2, 0.25) is 0 Å². The lowest BCUT2D eigenvalue weighted by atomic mass is 10.2. The average molecular weight is 319 g/mol. The van der Waals surface area contributed by atoms with Crippen LogP contribution in [0.25, 0.3) is 0 Å². The van der Waals surface area contributed by atoms with Gasteiger partial charge >= 0.3 is 0 Å². The third kappa shape index (κ3) is 4.56. The number of rotatable bonds is 6. The second-order valence-electron chi connectivity index (χ2n) is 4.48. The zero-order valence-electron chi connectivity index (χ0n) is 12.4. The first-order valence-electron chi connectivity index (χ1n) is 6.81. The molecule has 6 nitrogen and oxygen atoms in total. The molecule has 116 valence electrons. The van der Waals surface area contributed by atoms with Crippen molar-refractivity contribution in [2.75, 3.05) is 18.5 Å². The second kappa shape index (κ2) is 7.56. The summed E-state index contributed by atoms with van der Waals surface area (Å²) in [6.07, 6.45) is 0. The minimum absolute atomic E-state index is 0.106. The Morgan fingerprint density at radius 1 is 1.27 bits per heavy atom. The minimum Gasteiger partial charge on any atom is -0.494 e. The van der Waals surface area contributed by atoms with Crippen molar-refractivity contribution in [2.45, 2.75) is 13.8 Å². The smallest absolute Gasteiger partial charge is 0.251 e. The number of benzene rings is 1. The van der Waals surface area contributed by atoms with Gasteiger partial charge in [-0.2, -0.15) is 0 Å². The van der Waals surface area contributed by atoms with Gasteiger partial charge in [-0.1, -0.05) is 0 Å². The standard InChI is InChI=1S/C15H17N3O3S/c1-3-21-12-6-4-11(5-7-12)14(20)16-8-13(19)18-15-17-10(2)9-22-15/h4-7,9H,3,8H2,1-2H3,(H,16,20)(H,17,18,19). The number of nitrogens with zero attached hydrogens (tertiary/aromatic N) is 1. The lowest BCUT2D eigenvalue weighted by molar-refractivity contribution is -0.115. The summed E-state index contributed by atoms with van der Waals surface area (Å²) in [5.41, 5.74) is 1.32. The van der Waals surface area contributed by atoms with Crippen molar-refractivity contribution in [1.29, 1.82) is 0 Å². The second-order valence-corrected chi connectivity index (χ2v) is 5.34. The molecule has 1 heterocycles. The summed E-state index contributed by atoms with van der Waals surface area (Å²) in [6.45, 7) is 4.20. The van der Waals surface area contributed by atoms with E-state index in [1.54, 1.807) is 24.3 Å². The molecule has 0 unspecified atom stereocenters.